The van der Waals surface area contributed by atoms with Gasteiger partial charge in [-0.25, -0.2) is 0 Å². The second-order valence-corrected chi connectivity index (χ2v) is 8.49. The van der Waals surface area contributed by atoms with Crippen LogP contribution >= 0.6 is 0 Å². The number of rotatable bonds is 8. The first kappa shape index (κ1) is 23.4. The van der Waals surface area contributed by atoms with Crippen molar-refractivity contribution in [1.29, 1.82) is 0 Å². The van der Waals surface area contributed by atoms with Gasteiger partial charge in [0, 0.05) is 13.3 Å². The molecule has 0 aromatic carbocycles. The summed E-state index contributed by atoms with van der Waals surface area (Å²) in [6.45, 7) is 14.1. The summed E-state index contributed by atoms with van der Waals surface area (Å²) < 4.78 is 16.0. The first-order valence-electron chi connectivity index (χ1n) is 8.84. The van der Waals surface area contributed by atoms with Crippen LogP contribution in [0.3, 0.4) is 0 Å². The number of carbonyl (C=O) groups is 3. The highest BCUT2D eigenvalue weighted by Crippen LogP contribution is 2.29. The van der Waals surface area contributed by atoms with E-state index in [2.05, 4.69) is 0 Å². The van der Waals surface area contributed by atoms with Gasteiger partial charge in [0.25, 0.3) is 5.79 Å². The van der Waals surface area contributed by atoms with Gasteiger partial charge in [-0.1, -0.05) is 13.3 Å². The molecule has 0 saturated carbocycles. The molecule has 0 bridgehead atoms. The molecule has 0 N–H and O–H groups in total. The molecule has 0 rings (SSSR count). The lowest BCUT2D eigenvalue weighted by atomic mass is 9.96. The Morgan fingerprint density at radius 3 is 1.60 bits per heavy atom. The van der Waals surface area contributed by atoms with Gasteiger partial charge in [0.2, 0.25) is 0 Å². The van der Waals surface area contributed by atoms with Crippen molar-refractivity contribution in [3.05, 3.63) is 0 Å². The van der Waals surface area contributed by atoms with Crippen LogP contribution in [0.25, 0.3) is 0 Å². The summed E-state index contributed by atoms with van der Waals surface area (Å²) in [7, 11) is 0. The van der Waals surface area contributed by atoms with Crippen molar-refractivity contribution in [2.24, 2.45) is 10.8 Å². The van der Waals surface area contributed by atoms with Gasteiger partial charge in [-0.2, -0.15) is 0 Å². The third-order valence-electron chi connectivity index (χ3n) is 3.39. The van der Waals surface area contributed by atoms with Gasteiger partial charge < -0.3 is 14.2 Å². The van der Waals surface area contributed by atoms with Gasteiger partial charge in [-0.3, -0.25) is 14.4 Å². The third kappa shape index (κ3) is 9.46. The summed E-state index contributed by atoms with van der Waals surface area (Å²) in [4.78, 5) is 36.3. The minimum Gasteiger partial charge on any atom is -0.466 e. The van der Waals surface area contributed by atoms with E-state index in [0.29, 0.717) is 6.61 Å². The van der Waals surface area contributed by atoms with Crippen LogP contribution in [0, 0.1) is 10.8 Å². The average molecular weight is 358 g/mol. The smallest absolute Gasteiger partial charge is 0.314 e. The molecule has 0 aliphatic rings. The second-order valence-electron chi connectivity index (χ2n) is 8.49. The highest BCUT2D eigenvalue weighted by atomic mass is 16.7. The van der Waals surface area contributed by atoms with Gasteiger partial charge in [-0.05, 0) is 48.0 Å². The molecule has 25 heavy (non-hydrogen) atoms. The monoisotopic (exact) mass is 358 g/mol. The summed E-state index contributed by atoms with van der Waals surface area (Å²) in [5.74, 6) is -2.93. The van der Waals surface area contributed by atoms with Crippen LogP contribution < -0.4 is 0 Å². The van der Waals surface area contributed by atoms with Gasteiger partial charge >= 0.3 is 17.9 Å². The number of esters is 3. The Hall–Kier alpha value is -1.59. The maximum atomic E-state index is 12.2. The van der Waals surface area contributed by atoms with Gasteiger partial charge in [-0.15, -0.1) is 0 Å². The van der Waals surface area contributed by atoms with E-state index in [4.69, 9.17) is 14.2 Å². The molecule has 6 nitrogen and oxygen atoms in total. The molecular formula is C19H34O6. The first-order chi connectivity index (χ1) is 11.2. The number of ether oxygens (including phenoxy) is 3. The van der Waals surface area contributed by atoms with E-state index in [1.54, 1.807) is 41.5 Å². The Balaban J connectivity index is 5.03. The van der Waals surface area contributed by atoms with Crippen molar-refractivity contribution < 1.29 is 28.6 Å². The van der Waals surface area contributed by atoms with E-state index >= 15 is 0 Å². The quantitative estimate of drug-likeness (QED) is 0.371. The molecule has 0 fully saturated rings. The number of hydrogen-bond acceptors (Lipinski definition) is 6. The summed E-state index contributed by atoms with van der Waals surface area (Å²) in [5.41, 5.74) is -1.51. The molecule has 0 aliphatic heterocycles. The lowest BCUT2D eigenvalue weighted by Gasteiger charge is -2.33. The highest BCUT2D eigenvalue weighted by Gasteiger charge is 2.40. The number of unbranched alkanes of at least 4 members (excludes halogenated alkanes) is 1. The number of carbonyl (C=O) groups excluding carboxylic acids is 3. The Morgan fingerprint density at radius 2 is 1.24 bits per heavy atom. The lowest BCUT2D eigenvalue weighted by molar-refractivity contribution is -0.236. The fourth-order valence-corrected chi connectivity index (χ4v) is 1.55. The summed E-state index contributed by atoms with van der Waals surface area (Å²) in [5, 5.41) is 0. The van der Waals surface area contributed by atoms with Crippen molar-refractivity contribution >= 4 is 17.9 Å². The minimum absolute atomic E-state index is 0.00490. The van der Waals surface area contributed by atoms with Crippen molar-refractivity contribution in [2.75, 3.05) is 6.61 Å². The van der Waals surface area contributed by atoms with Gasteiger partial charge in [0.15, 0.2) is 0 Å². The highest BCUT2D eigenvalue weighted by molar-refractivity contribution is 5.78. The summed E-state index contributed by atoms with van der Waals surface area (Å²) in [6, 6.07) is 0. The van der Waals surface area contributed by atoms with Crippen molar-refractivity contribution in [1.82, 2.24) is 0 Å². The van der Waals surface area contributed by atoms with Crippen LogP contribution in [0.2, 0.25) is 0 Å². The maximum absolute atomic E-state index is 12.2. The molecule has 0 saturated heterocycles. The van der Waals surface area contributed by atoms with E-state index in [0.717, 1.165) is 12.8 Å². The van der Waals surface area contributed by atoms with E-state index in [1.807, 2.05) is 6.92 Å². The Morgan fingerprint density at radius 1 is 0.800 bits per heavy atom. The fraction of sp³-hybridized carbons (Fsp3) is 0.842. The van der Waals surface area contributed by atoms with E-state index < -0.39 is 34.5 Å². The van der Waals surface area contributed by atoms with Crippen molar-refractivity contribution in [2.45, 2.75) is 86.9 Å². The third-order valence-corrected chi connectivity index (χ3v) is 3.39. The van der Waals surface area contributed by atoms with Crippen molar-refractivity contribution in [3.63, 3.8) is 0 Å². The first-order valence-corrected chi connectivity index (χ1v) is 8.84. The second kappa shape index (κ2) is 9.20. The predicted molar refractivity (Wildman–Crippen MR) is 94.6 cm³/mol. The fourth-order valence-electron chi connectivity index (χ4n) is 1.55. The van der Waals surface area contributed by atoms with Crippen LogP contribution in [0.1, 0.15) is 81.1 Å². The Bertz CT molecular complexity index is 439. The van der Waals surface area contributed by atoms with E-state index in [-0.39, 0.29) is 12.8 Å². The molecule has 0 unspecified atom stereocenters. The summed E-state index contributed by atoms with van der Waals surface area (Å²) >= 11 is 0. The predicted octanol–water partition coefficient (Wildman–Crippen LogP) is 4.00. The molecule has 0 heterocycles. The van der Waals surface area contributed by atoms with Gasteiger partial charge in [0.1, 0.15) is 0 Å². The van der Waals surface area contributed by atoms with Crippen molar-refractivity contribution in [3.8, 4) is 0 Å². The molecule has 0 aromatic rings. The zero-order valence-corrected chi connectivity index (χ0v) is 17.0. The number of hydrogen-bond donors (Lipinski definition) is 0. The Labute approximate surface area is 151 Å². The minimum atomic E-state index is -1.52. The topological polar surface area (TPSA) is 78.9 Å². The average Bonchev–Trinajstić information content (AvgIpc) is 2.43. The van der Waals surface area contributed by atoms with E-state index in [9.17, 15) is 14.4 Å². The van der Waals surface area contributed by atoms with Crippen LogP contribution in [-0.4, -0.2) is 30.3 Å². The standard InChI is InChI=1S/C19H34O6/c1-9-10-13-23-14(20)11-12-19(8,24-15(21)17(2,3)4)25-16(22)18(5,6)7/h9-13H2,1-8H3. The Kier molecular flexibility index (Phi) is 8.62. The maximum Gasteiger partial charge on any atom is 0.314 e. The molecule has 0 amide bonds. The molecule has 0 aliphatic carbocycles. The lowest BCUT2D eigenvalue weighted by Crippen LogP contribution is -2.43. The van der Waals surface area contributed by atoms with Crippen LogP contribution in [0.5, 0.6) is 0 Å². The van der Waals surface area contributed by atoms with Crippen LogP contribution in [-0.2, 0) is 28.6 Å². The molecule has 0 aromatic heterocycles. The molecule has 0 spiro atoms. The largest absolute Gasteiger partial charge is 0.466 e. The van der Waals surface area contributed by atoms with Crippen LogP contribution in [0.4, 0.5) is 0 Å². The van der Waals surface area contributed by atoms with E-state index in [1.165, 1.54) is 6.92 Å². The normalized spacial score (nSPS) is 12.5. The molecule has 0 radical (unpaired) electrons. The molecule has 146 valence electrons. The summed E-state index contributed by atoms with van der Waals surface area (Å²) in [6.07, 6.45) is 1.76. The zero-order chi connectivity index (χ0) is 19.9. The molecular weight excluding hydrogens is 324 g/mol. The van der Waals surface area contributed by atoms with Crippen LogP contribution in [0.15, 0.2) is 0 Å². The molecule has 6 heteroatoms. The van der Waals surface area contributed by atoms with Gasteiger partial charge in [0.05, 0.1) is 23.9 Å². The molecule has 0 atom stereocenters. The zero-order valence-electron chi connectivity index (χ0n) is 17.0. The SMILES string of the molecule is CCCCOC(=O)CCC(C)(OC(=O)C(C)(C)C)OC(=O)C(C)(C)C.